The Morgan fingerprint density at radius 2 is 1.61 bits per heavy atom. The third kappa shape index (κ3) is 2.41. The maximum atomic E-state index is 6.01. The molecule has 1 heterocycles. The first-order chi connectivity index (χ1) is 8.83. The molecule has 0 fully saturated rings. The second-order valence-electron chi connectivity index (χ2n) is 3.95. The topological polar surface area (TPSA) is 12.9 Å². The molecule has 2 aromatic carbocycles. The molecule has 3 aromatic rings. The number of rotatable bonds is 2. The molecule has 0 saturated heterocycles. The fourth-order valence-corrected chi connectivity index (χ4v) is 3.58. The van der Waals surface area contributed by atoms with Crippen molar-refractivity contribution >= 4 is 26.3 Å². The Morgan fingerprint density at radius 3 is 2.39 bits per heavy atom. The summed E-state index contributed by atoms with van der Waals surface area (Å²) in [6.45, 7) is 0. The molecule has 0 unspecified atom stereocenters. The molecule has 1 nitrogen and oxygen atoms in total. The van der Waals surface area contributed by atoms with E-state index in [-0.39, 0.29) is 14.7 Å². The summed E-state index contributed by atoms with van der Waals surface area (Å²) in [5, 5.41) is 0.754. The molecule has 0 saturated carbocycles. The van der Waals surface area contributed by atoms with Crippen LogP contribution in [0.3, 0.4) is 0 Å². The van der Waals surface area contributed by atoms with Crippen LogP contribution in [0, 0.1) is 0 Å². The summed E-state index contributed by atoms with van der Waals surface area (Å²) in [4.78, 5) is 0. The van der Waals surface area contributed by atoms with Gasteiger partial charge in [0.15, 0.2) is 0 Å². The molecule has 0 atom stereocenters. The molecule has 0 amide bonds. The van der Waals surface area contributed by atoms with Gasteiger partial charge in [0.2, 0.25) is 0 Å². The third-order valence-corrected chi connectivity index (χ3v) is 4.68. The molecule has 0 radical (unpaired) electrons. The van der Waals surface area contributed by atoms with Crippen molar-refractivity contribution in [3.05, 3.63) is 65.7 Å². The molecular weight excluding hydrogens is 309 g/mol. The second-order valence-corrected chi connectivity index (χ2v) is 6.08. The Morgan fingerprint density at radius 1 is 0.833 bits per heavy atom. The van der Waals surface area contributed by atoms with Crippen molar-refractivity contribution in [2.24, 2.45) is 0 Å². The molecular formula is C15H10ClNSe. The Hall–Kier alpha value is -1.34. The van der Waals surface area contributed by atoms with Gasteiger partial charge >= 0.3 is 117 Å². The first-order valence-electron chi connectivity index (χ1n) is 5.61. The van der Waals surface area contributed by atoms with Gasteiger partial charge in [-0.15, -0.1) is 0 Å². The molecule has 0 spiro atoms. The van der Waals surface area contributed by atoms with Crippen LogP contribution >= 0.6 is 11.6 Å². The molecule has 3 heteroatoms. The summed E-state index contributed by atoms with van der Waals surface area (Å²) in [6, 6.07) is 20.4. The van der Waals surface area contributed by atoms with Gasteiger partial charge in [0.25, 0.3) is 0 Å². The molecule has 0 bridgehead atoms. The fraction of sp³-hybridized carbons (Fsp3) is 0. The predicted molar refractivity (Wildman–Crippen MR) is 77.1 cm³/mol. The van der Waals surface area contributed by atoms with Gasteiger partial charge in [-0.05, 0) is 0 Å². The number of aromatic nitrogens is 1. The summed E-state index contributed by atoms with van der Waals surface area (Å²) >= 11 is 6.17. The molecule has 1 aromatic heterocycles. The van der Waals surface area contributed by atoms with Crippen molar-refractivity contribution in [1.82, 2.24) is 3.98 Å². The van der Waals surface area contributed by atoms with E-state index >= 15 is 0 Å². The number of hydrogen-bond donors (Lipinski definition) is 0. The number of hydrogen-bond acceptors (Lipinski definition) is 1. The van der Waals surface area contributed by atoms with Gasteiger partial charge in [-0.25, -0.2) is 0 Å². The van der Waals surface area contributed by atoms with Crippen LogP contribution in [-0.2, 0) is 0 Å². The minimum absolute atomic E-state index is 0.166. The van der Waals surface area contributed by atoms with Gasteiger partial charge in [0.05, 0.1) is 0 Å². The molecule has 0 aliphatic rings. The summed E-state index contributed by atoms with van der Waals surface area (Å²) in [6.07, 6.45) is 0. The summed E-state index contributed by atoms with van der Waals surface area (Å²) in [5.41, 5.74) is 3.39. The molecule has 0 aliphatic carbocycles. The van der Waals surface area contributed by atoms with E-state index in [1.165, 1.54) is 10.0 Å². The zero-order valence-electron chi connectivity index (χ0n) is 9.51. The fourth-order valence-electron chi connectivity index (χ4n) is 1.80. The Labute approximate surface area is 117 Å². The van der Waals surface area contributed by atoms with Crippen molar-refractivity contribution < 1.29 is 0 Å². The zero-order chi connectivity index (χ0) is 12.4. The van der Waals surface area contributed by atoms with Gasteiger partial charge in [-0.2, -0.15) is 0 Å². The van der Waals surface area contributed by atoms with Crippen molar-refractivity contribution in [3.8, 4) is 21.3 Å². The summed E-state index contributed by atoms with van der Waals surface area (Å²) < 4.78 is 5.95. The van der Waals surface area contributed by atoms with Crippen molar-refractivity contribution in [2.75, 3.05) is 0 Å². The standard InChI is InChI=1S/C15H10ClNSe/c16-13-8-4-7-12(9-13)14-10-15(18-17-14)11-5-2-1-3-6-11/h1-10H. The van der Waals surface area contributed by atoms with Crippen molar-refractivity contribution in [3.63, 3.8) is 0 Å². The van der Waals surface area contributed by atoms with Gasteiger partial charge in [-0.1, -0.05) is 0 Å². The number of benzene rings is 2. The van der Waals surface area contributed by atoms with Gasteiger partial charge in [0, 0.05) is 0 Å². The normalized spacial score (nSPS) is 10.5. The minimum atomic E-state index is 0.166. The van der Waals surface area contributed by atoms with Crippen LogP contribution in [0.4, 0.5) is 0 Å². The molecule has 88 valence electrons. The predicted octanol–water partition coefficient (Wildman–Crippen LogP) is 4.13. The van der Waals surface area contributed by atoms with E-state index in [0.717, 1.165) is 16.3 Å². The zero-order valence-corrected chi connectivity index (χ0v) is 12.0. The van der Waals surface area contributed by atoms with Crippen LogP contribution in [0.15, 0.2) is 60.7 Å². The van der Waals surface area contributed by atoms with E-state index in [4.69, 9.17) is 11.6 Å². The van der Waals surface area contributed by atoms with Gasteiger partial charge in [0.1, 0.15) is 0 Å². The van der Waals surface area contributed by atoms with Crippen LogP contribution in [0.1, 0.15) is 0 Å². The summed E-state index contributed by atoms with van der Waals surface area (Å²) in [7, 11) is 0. The number of nitrogens with zero attached hydrogens (tertiary/aromatic N) is 1. The third-order valence-electron chi connectivity index (χ3n) is 2.69. The van der Waals surface area contributed by atoms with Crippen LogP contribution in [-0.4, -0.2) is 18.7 Å². The van der Waals surface area contributed by atoms with Gasteiger partial charge < -0.3 is 0 Å². The molecule has 3 rings (SSSR count). The summed E-state index contributed by atoms with van der Waals surface area (Å²) in [5.74, 6) is 0. The van der Waals surface area contributed by atoms with Crippen LogP contribution in [0.25, 0.3) is 21.3 Å². The maximum absolute atomic E-state index is 6.01. The van der Waals surface area contributed by atoms with E-state index in [0.29, 0.717) is 0 Å². The van der Waals surface area contributed by atoms with Crippen molar-refractivity contribution in [2.45, 2.75) is 0 Å². The van der Waals surface area contributed by atoms with E-state index < -0.39 is 0 Å². The van der Waals surface area contributed by atoms with E-state index in [1.54, 1.807) is 0 Å². The average molecular weight is 319 g/mol. The van der Waals surface area contributed by atoms with Crippen LogP contribution in [0.2, 0.25) is 5.02 Å². The van der Waals surface area contributed by atoms with Crippen LogP contribution < -0.4 is 0 Å². The SMILES string of the molecule is Clc1cccc(-c2cc(-c3ccccc3)[se]n2)c1. The first kappa shape index (κ1) is 11.7. The molecule has 0 aliphatic heterocycles. The Balaban J connectivity index is 2.00. The Bertz CT molecular complexity index is 661. The monoisotopic (exact) mass is 319 g/mol. The van der Waals surface area contributed by atoms with E-state index in [9.17, 15) is 0 Å². The number of halogens is 1. The molecule has 0 N–H and O–H groups in total. The molecule has 18 heavy (non-hydrogen) atoms. The second kappa shape index (κ2) is 5.11. The van der Waals surface area contributed by atoms with E-state index in [2.05, 4.69) is 34.3 Å². The van der Waals surface area contributed by atoms with Crippen LogP contribution in [0.5, 0.6) is 0 Å². The average Bonchev–Trinajstić information content (AvgIpc) is 2.89. The van der Waals surface area contributed by atoms with Crippen molar-refractivity contribution in [1.29, 1.82) is 0 Å². The quantitative estimate of drug-likeness (QED) is 0.648. The Kier molecular flexibility index (Phi) is 3.33. The first-order valence-corrected chi connectivity index (χ1v) is 7.61. The van der Waals surface area contributed by atoms with Gasteiger partial charge in [-0.3, -0.25) is 0 Å². The van der Waals surface area contributed by atoms with E-state index in [1.807, 2.05) is 30.3 Å².